The van der Waals surface area contributed by atoms with Crippen molar-refractivity contribution in [3.05, 3.63) is 53.6 Å². The van der Waals surface area contributed by atoms with E-state index in [1.807, 2.05) is 44.2 Å². The summed E-state index contributed by atoms with van der Waals surface area (Å²) in [7, 11) is 0. The summed E-state index contributed by atoms with van der Waals surface area (Å²) in [5, 5.41) is 7.28. The molecule has 27 heavy (non-hydrogen) atoms. The third kappa shape index (κ3) is 6.45. The van der Waals surface area contributed by atoms with Gasteiger partial charge in [-0.3, -0.25) is 14.9 Å². The number of thioether (sulfide) groups is 1. The standard InChI is InChI=1S/C20H23N3O3S/c1-12-5-10-18(13(2)11-12)22-20(26)23-19(25)14(3)27-17-8-6-16(7-9-17)21-15(4)24/h5-11,14H,1-4H3,(H,21,24)(H2,22,23,25,26). The summed E-state index contributed by atoms with van der Waals surface area (Å²) in [6, 6.07) is 12.3. The second-order valence-corrected chi connectivity index (χ2v) is 7.64. The van der Waals surface area contributed by atoms with Crippen molar-refractivity contribution in [1.82, 2.24) is 5.32 Å². The molecule has 6 nitrogen and oxygen atoms in total. The van der Waals surface area contributed by atoms with E-state index in [1.165, 1.54) is 18.7 Å². The van der Waals surface area contributed by atoms with Gasteiger partial charge in [0.05, 0.1) is 5.25 Å². The molecule has 1 unspecified atom stereocenters. The van der Waals surface area contributed by atoms with Crippen LogP contribution in [0, 0.1) is 13.8 Å². The van der Waals surface area contributed by atoms with Crippen LogP contribution >= 0.6 is 11.8 Å². The predicted molar refractivity (Wildman–Crippen MR) is 109 cm³/mol. The molecule has 0 aliphatic rings. The summed E-state index contributed by atoms with van der Waals surface area (Å²) in [6.07, 6.45) is 0. The van der Waals surface area contributed by atoms with E-state index in [4.69, 9.17) is 0 Å². The van der Waals surface area contributed by atoms with Crippen LogP contribution in [0.1, 0.15) is 25.0 Å². The SMILES string of the molecule is CC(=O)Nc1ccc(SC(C)C(=O)NC(=O)Nc2ccc(C)cc2C)cc1. The van der Waals surface area contributed by atoms with Crippen LogP contribution in [0.15, 0.2) is 47.4 Å². The van der Waals surface area contributed by atoms with Crippen molar-refractivity contribution in [1.29, 1.82) is 0 Å². The van der Waals surface area contributed by atoms with E-state index in [9.17, 15) is 14.4 Å². The second-order valence-electron chi connectivity index (χ2n) is 6.23. The predicted octanol–water partition coefficient (Wildman–Crippen LogP) is 4.09. The molecule has 4 amide bonds. The zero-order valence-corrected chi connectivity index (χ0v) is 16.6. The molecule has 3 N–H and O–H groups in total. The molecular weight excluding hydrogens is 362 g/mol. The number of nitrogens with one attached hydrogen (secondary N) is 3. The van der Waals surface area contributed by atoms with Gasteiger partial charge in [0.1, 0.15) is 0 Å². The Labute approximate surface area is 163 Å². The van der Waals surface area contributed by atoms with Gasteiger partial charge in [0.25, 0.3) is 0 Å². The first kappa shape index (κ1) is 20.5. The maximum atomic E-state index is 12.2. The number of anilines is 2. The Morgan fingerprint density at radius 1 is 0.963 bits per heavy atom. The van der Waals surface area contributed by atoms with E-state index >= 15 is 0 Å². The topological polar surface area (TPSA) is 87.3 Å². The van der Waals surface area contributed by atoms with Crippen molar-refractivity contribution < 1.29 is 14.4 Å². The fourth-order valence-electron chi connectivity index (χ4n) is 2.40. The van der Waals surface area contributed by atoms with Gasteiger partial charge in [-0.25, -0.2) is 4.79 Å². The number of hydrogen-bond donors (Lipinski definition) is 3. The molecule has 0 fully saturated rings. The summed E-state index contributed by atoms with van der Waals surface area (Å²) in [5.41, 5.74) is 3.39. The molecule has 7 heteroatoms. The lowest BCUT2D eigenvalue weighted by Gasteiger charge is -2.13. The van der Waals surface area contributed by atoms with Crippen LogP contribution in [0.25, 0.3) is 0 Å². The Hall–Kier alpha value is -2.80. The monoisotopic (exact) mass is 385 g/mol. The van der Waals surface area contributed by atoms with Gasteiger partial charge in [-0.1, -0.05) is 17.7 Å². The molecule has 1 atom stereocenters. The Morgan fingerprint density at radius 3 is 2.22 bits per heavy atom. The Morgan fingerprint density at radius 2 is 1.63 bits per heavy atom. The maximum absolute atomic E-state index is 12.2. The van der Waals surface area contributed by atoms with Crippen molar-refractivity contribution in [2.75, 3.05) is 10.6 Å². The molecule has 0 bridgehead atoms. The molecule has 142 valence electrons. The van der Waals surface area contributed by atoms with E-state index in [-0.39, 0.29) is 11.8 Å². The van der Waals surface area contributed by atoms with Crippen LogP contribution in [0.4, 0.5) is 16.2 Å². The average Bonchev–Trinajstić information content (AvgIpc) is 2.58. The van der Waals surface area contributed by atoms with Gasteiger partial charge in [0.15, 0.2) is 0 Å². The zero-order chi connectivity index (χ0) is 20.0. The van der Waals surface area contributed by atoms with E-state index in [0.717, 1.165) is 16.0 Å². The highest BCUT2D eigenvalue weighted by Crippen LogP contribution is 2.25. The number of amides is 4. The first-order chi connectivity index (χ1) is 12.7. The van der Waals surface area contributed by atoms with Gasteiger partial charge in [-0.15, -0.1) is 11.8 Å². The zero-order valence-electron chi connectivity index (χ0n) is 15.8. The quantitative estimate of drug-likeness (QED) is 0.677. The smallest absolute Gasteiger partial charge is 0.325 e. The summed E-state index contributed by atoms with van der Waals surface area (Å²) in [6.45, 7) is 7.04. The first-order valence-electron chi connectivity index (χ1n) is 8.48. The number of carbonyl (C=O) groups excluding carboxylic acids is 3. The lowest BCUT2D eigenvalue weighted by atomic mass is 10.1. The number of rotatable bonds is 5. The molecule has 0 radical (unpaired) electrons. The Balaban J connectivity index is 1.89. The van der Waals surface area contributed by atoms with Crippen LogP contribution < -0.4 is 16.0 Å². The number of aryl methyl sites for hydroxylation is 2. The number of benzene rings is 2. The summed E-state index contributed by atoms with van der Waals surface area (Å²) in [5.74, 6) is -0.522. The third-order valence-corrected chi connectivity index (χ3v) is 4.84. The van der Waals surface area contributed by atoms with Crippen molar-refractivity contribution in [2.45, 2.75) is 37.8 Å². The molecule has 0 aliphatic carbocycles. The largest absolute Gasteiger partial charge is 0.326 e. The molecule has 0 spiro atoms. The summed E-state index contributed by atoms with van der Waals surface area (Å²) < 4.78 is 0. The van der Waals surface area contributed by atoms with Gasteiger partial charge in [0, 0.05) is 23.2 Å². The number of hydrogen-bond acceptors (Lipinski definition) is 4. The lowest BCUT2D eigenvalue weighted by molar-refractivity contribution is -0.119. The van der Waals surface area contributed by atoms with E-state index < -0.39 is 11.3 Å². The molecule has 0 heterocycles. The van der Waals surface area contributed by atoms with Crippen LogP contribution in [-0.4, -0.2) is 23.1 Å². The first-order valence-corrected chi connectivity index (χ1v) is 9.36. The summed E-state index contributed by atoms with van der Waals surface area (Å²) in [4.78, 5) is 36.2. The molecule has 0 saturated heterocycles. The van der Waals surface area contributed by atoms with Gasteiger partial charge >= 0.3 is 6.03 Å². The minimum Gasteiger partial charge on any atom is -0.326 e. The van der Waals surface area contributed by atoms with Gasteiger partial charge in [0.2, 0.25) is 11.8 Å². The number of carbonyl (C=O) groups is 3. The highest BCUT2D eigenvalue weighted by Gasteiger charge is 2.17. The fraction of sp³-hybridized carbons (Fsp3) is 0.250. The molecule has 0 aliphatic heterocycles. The van der Waals surface area contributed by atoms with Crippen molar-refractivity contribution in [3.63, 3.8) is 0 Å². The van der Waals surface area contributed by atoms with E-state index in [0.29, 0.717) is 11.4 Å². The molecule has 0 aromatic heterocycles. The average molecular weight is 385 g/mol. The minimum atomic E-state index is -0.555. The number of urea groups is 1. The molecule has 2 aromatic carbocycles. The lowest BCUT2D eigenvalue weighted by Crippen LogP contribution is -2.39. The van der Waals surface area contributed by atoms with Crippen LogP contribution in [0.3, 0.4) is 0 Å². The van der Waals surface area contributed by atoms with Crippen LogP contribution in [0.5, 0.6) is 0 Å². The maximum Gasteiger partial charge on any atom is 0.325 e. The van der Waals surface area contributed by atoms with Crippen LogP contribution in [0.2, 0.25) is 0 Å². The Bertz CT molecular complexity index is 850. The summed E-state index contributed by atoms with van der Waals surface area (Å²) >= 11 is 1.33. The molecular formula is C20H23N3O3S. The van der Waals surface area contributed by atoms with Crippen molar-refractivity contribution in [2.24, 2.45) is 0 Å². The van der Waals surface area contributed by atoms with Gasteiger partial charge in [-0.05, 0) is 56.7 Å². The fourth-order valence-corrected chi connectivity index (χ4v) is 3.27. The van der Waals surface area contributed by atoms with E-state index in [1.54, 1.807) is 19.1 Å². The van der Waals surface area contributed by atoms with Crippen molar-refractivity contribution >= 4 is 41.0 Å². The highest BCUT2D eigenvalue weighted by atomic mass is 32.2. The van der Waals surface area contributed by atoms with E-state index in [2.05, 4.69) is 16.0 Å². The molecule has 0 saturated carbocycles. The highest BCUT2D eigenvalue weighted by molar-refractivity contribution is 8.00. The Kier molecular flexibility index (Phi) is 7.01. The molecule has 2 aromatic rings. The third-order valence-electron chi connectivity index (χ3n) is 3.72. The van der Waals surface area contributed by atoms with Crippen molar-refractivity contribution in [3.8, 4) is 0 Å². The molecule has 2 rings (SSSR count). The van der Waals surface area contributed by atoms with Gasteiger partial charge in [-0.2, -0.15) is 0 Å². The second kappa shape index (κ2) is 9.23. The minimum absolute atomic E-state index is 0.141. The number of imide groups is 1. The van der Waals surface area contributed by atoms with Crippen LogP contribution in [-0.2, 0) is 9.59 Å². The van der Waals surface area contributed by atoms with Gasteiger partial charge < -0.3 is 10.6 Å². The normalized spacial score (nSPS) is 11.4.